The van der Waals surface area contributed by atoms with E-state index >= 15 is 0 Å². The quantitative estimate of drug-likeness (QED) is 0.704. The number of carbonyl (C=O) groups is 2. The first kappa shape index (κ1) is 19.2. The Bertz CT molecular complexity index is 914. The van der Waals surface area contributed by atoms with Crippen molar-refractivity contribution >= 4 is 39.4 Å². The number of hydrogen-bond acceptors (Lipinski definition) is 9. The molecule has 1 unspecified atom stereocenters. The Morgan fingerprint density at radius 1 is 0.967 bits per heavy atom. The third-order valence-electron chi connectivity index (χ3n) is 5.92. The van der Waals surface area contributed by atoms with Gasteiger partial charge < -0.3 is 14.7 Å². The predicted octanol–water partition coefficient (Wildman–Crippen LogP) is 0.772. The van der Waals surface area contributed by atoms with E-state index in [-0.39, 0.29) is 17.9 Å². The second-order valence-electron chi connectivity index (χ2n) is 7.73. The SMILES string of the molecule is O=C(C1CCCN1c1nnc(N2CCCC2=O)s1)N1CCN(c2ncccn2)CC1. The normalized spacial score (nSPS) is 22.3. The second kappa shape index (κ2) is 8.13. The van der Waals surface area contributed by atoms with Crippen LogP contribution in [0.25, 0.3) is 0 Å². The topological polar surface area (TPSA) is 98.7 Å². The highest BCUT2D eigenvalue weighted by Crippen LogP contribution is 2.34. The largest absolute Gasteiger partial charge is 0.337 e. The second-order valence-corrected chi connectivity index (χ2v) is 8.66. The van der Waals surface area contributed by atoms with E-state index in [1.165, 1.54) is 11.3 Å². The lowest BCUT2D eigenvalue weighted by Gasteiger charge is -2.37. The molecule has 158 valence electrons. The first-order valence-corrected chi connectivity index (χ1v) is 11.2. The zero-order valence-corrected chi connectivity index (χ0v) is 17.5. The summed E-state index contributed by atoms with van der Waals surface area (Å²) in [5.74, 6) is 0.965. The fourth-order valence-corrected chi connectivity index (χ4v) is 5.29. The molecule has 5 rings (SSSR count). The number of nitrogens with zero attached hydrogens (tertiary/aromatic N) is 8. The Morgan fingerprint density at radius 3 is 2.47 bits per heavy atom. The van der Waals surface area contributed by atoms with Crippen LogP contribution in [0.2, 0.25) is 0 Å². The van der Waals surface area contributed by atoms with E-state index in [0.29, 0.717) is 37.1 Å². The van der Waals surface area contributed by atoms with Gasteiger partial charge in [-0.3, -0.25) is 14.5 Å². The van der Waals surface area contributed by atoms with Gasteiger partial charge in [-0.05, 0) is 25.3 Å². The van der Waals surface area contributed by atoms with Gasteiger partial charge in [-0.2, -0.15) is 0 Å². The van der Waals surface area contributed by atoms with E-state index in [0.717, 1.165) is 44.0 Å². The van der Waals surface area contributed by atoms with Crippen LogP contribution in [-0.2, 0) is 9.59 Å². The van der Waals surface area contributed by atoms with E-state index in [1.807, 2.05) is 4.90 Å². The standard InChI is InChI=1S/C19H24N8O2S/c28-15-5-2-9-27(15)19-23-22-18(30-19)26-8-1-4-14(26)16(29)24-10-12-25(13-11-24)17-20-6-3-7-21-17/h3,6-7,14H,1-2,4-5,8-13H2. The lowest BCUT2D eigenvalue weighted by atomic mass is 10.1. The molecule has 0 spiro atoms. The van der Waals surface area contributed by atoms with Crippen LogP contribution in [0.3, 0.4) is 0 Å². The van der Waals surface area contributed by atoms with Crippen LogP contribution in [0, 0.1) is 0 Å². The lowest BCUT2D eigenvalue weighted by molar-refractivity contribution is -0.132. The van der Waals surface area contributed by atoms with Crippen molar-refractivity contribution in [3.63, 3.8) is 0 Å². The van der Waals surface area contributed by atoms with E-state index in [9.17, 15) is 9.59 Å². The van der Waals surface area contributed by atoms with Crippen LogP contribution in [0.1, 0.15) is 25.7 Å². The number of amides is 2. The van der Waals surface area contributed by atoms with Crippen LogP contribution in [0.4, 0.5) is 16.2 Å². The molecule has 0 N–H and O–H groups in total. The molecule has 3 aliphatic rings. The minimum atomic E-state index is -0.209. The minimum Gasteiger partial charge on any atom is -0.337 e. The van der Waals surface area contributed by atoms with E-state index in [1.54, 1.807) is 23.4 Å². The maximum absolute atomic E-state index is 13.3. The Morgan fingerprint density at radius 2 is 1.73 bits per heavy atom. The van der Waals surface area contributed by atoms with Gasteiger partial charge in [-0.15, -0.1) is 10.2 Å². The van der Waals surface area contributed by atoms with E-state index < -0.39 is 0 Å². The van der Waals surface area contributed by atoms with Gasteiger partial charge in [0.05, 0.1) is 0 Å². The minimum absolute atomic E-state index is 0.104. The first-order valence-electron chi connectivity index (χ1n) is 10.4. The van der Waals surface area contributed by atoms with Crippen LogP contribution in [0.15, 0.2) is 18.5 Å². The molecular weight excluding hydrogens is 404 g/mol. The average molecular weight is 429 g/mol. The molecule has 10 nitrogen and oxygen atoms in total. The van der Waals surface area contributed by atoms with Crippen molar-refractivity contribution in [2.45, 2.75) is 31.7 Å². The summed E-state index contributed by atoms with van der Waals surface area (Å²) in [4.78, 5) is 41.7. The molecule has 2 aromatic heterocycles. The van der Waals surface area contributed by atoms with Crippen molar-refractivity contribution in [2.75, 3.05) is 54.0 Å². The number of carbonyl (C=O) groups excluding carboxylic acids is 2. The highest BCUT2D eigenvalue weighted by atomic mass is 32.1. The summed E-state index contributed by atoms with van der Waals surface area (Å²) in [7, 11) is 0. The summed E-state index contributed by atoms with van der Waals surface area (Å²) in [6.45, 7) is 4.25. The average Bonchev–Trinajstić information content (AvgIpc) is 3.54. The molecule has 0 saturated carbocycles. The van der Waals surface area contributed by atoms with Crippen molar-refractivity contribution in [3.8, 4) is 0 Å². The summed E-state index contributed by atoms with van der Waals surface area (Å²) in [5, 5.41) is 9.92. The number of anilines is 3. The van der Waals surface area contributed by atoms with Crippen molar-refractivity contribution in [3.05, 3.63) is 18.5 Å². The maximum atomic E-state index is 13.3. The molecule has 2 aromatic rings. The zero-order valence-electron chi connectivity index (χ0n) is 16.7. The summed E-state index contributed by atoms with van der Waals surface area (Å²) in [5.41, 5.74) is 0. The van der Waals surface area contributed by atoms with Gasteiger partial charge >= 0.3 is 0 Å². The van der Waals surface area contributed by atoms with Gasteiger partial charge in [-0.1, -0.05) is 11.3 Å². The van der Waals surface area contributed by atoms with Gasteiger partial charge in [-0.25, -0.2) is 9.97 Å². The molecule has 0 bridgehead atoms. The van der Waals surface area contributed by atoms with Crippen molar-refractivity contribution in [2.24, 2.45) is 0 Å². The van der Waals surface area contributed by atoms with E-state index in [2.05, 4.69) is 30.0 Å². The van der Waals surface area contributed by atoms with Crippen LogP contribution < -0.4 is 14.7 Å². The van der Waals surface area contributed by atoms with Crippen molar-refractivity contribution in [1.82, 2.24) is 25.1 Å². The van der Waals surface area contributed by atoms with Crippen molar-refractivity contribution < 1.29 is 9.59 Å². The number of aromatic nitrogens is 4. The van der Waals surface area contributed by atoms with Crippen LogP contribution in [0.5, 0.6) is 0 Å². The summed E-state index contributed by atoms with van der Waals surface area (Å²) < 4.78 is 0. The molecule has 0 aliphatic carbocycles. The van der Waals surface area contributed by atoms with Crippen LogP contribution >= 0.6 is 11.3 Å². The van der Waals surface area contributed by atoms with Crippen LogP contribution in [-0.4, -0.2) is 82.2 Å². The number of piperazine rings is 1. The highest BCUT2D eigenvalue weighted by Gasteiger charge is 2.37. The lowest BCUT2D eigenvalue weighted by Crippen LogP contribution is -2.54. The Labute approximate surface area is 178 Å². The third kappa shape index (κ3) is 3.57. The molecule has 0 radical (unpaired) electrons. The molecular formula is C19H24N8O2S. The molecule has 5 heterocycles. The summed E-state index contributed by atoms with van der Waals surface area (Å²) in [6, 6.07) is 1.59. The fourth-order valence-electron chi connectivity index (χ4n) is 4.33. The molecule has 3 fully saturated rings. The molecule has 30 heavy (non-hydrogen) atoms. The van der Waals surface area contributed by atoms with Crippen molar-refractivity contribution in [1.29, 1.82) is 0 Å². The Kier molecular flexibility index (Phi) is 5.19. The first-order chi connectivity index (χ1) is 14.7. The molecule has 0 aromatic carbocycles. The van der Waals surface area contributed by atoms with Gasteiger partial charge in [0.2, 0.25) is 28.0 Å². The predicted molar refractivity (Wildman–Crippen MR) is 113 cm³/mol. The maximum Gasteiger partial charge on any atom is 0.245 e. The summed E-state index contributed by atoms with van der Waals surface area (Å²) >= 11 is 1.41. The van der Waals surface area contributed by atoms with Gasteiger partial charge in [0.25, 0.3) is 0 Å². The molecule has 3 saturated heterocycles. The summed E-state index contributed by atoms with van der Waals surface area (Å²) in [6.07, 6.45) is 6.67. The third-order valence-corrected chi connectivity index (χ3v) is 6.90. The number of hydrogen-bond donors (Lipinski definition) is 0. The van der Waals surface area contributed by atoms with E-state index in [4.69, 9.17) is 0 Å². The monoisotopic (exact) mass is 428 g/mol. The Balaban J connectivity index is 1.24. The molecule has 2 amide bonds. The number of rotatable bonds is 4. The molecule has 1 atom stereocenters. The smallest absolute Gasteiger partial charge is 0.245 e. The molecule has 11 heteroatoms. The fraction of sp³-hybridized carbons (Fsp3) is 0.579. The van der Waals surface area contributed by atoms with Gasteiger partial charge in [0.15, 0.2) is 0 Å². The van der Waals surface area contributed by atoms with Gasteiger partial charge in [0, 0.05) is 58.1 Å². The zero-order chi connectivity index (χ0) is 20.5. The Hall–Kier alpha value is -2.82. The molecule has 3 aliphatic heterocycles. The van der Waals surface area contributed by atoms with Gasteiger partial charge in [0.1, 0.15) is 6.04 Å². The highest BCUT2D eigenvalue weighted by molar-refractivity contribution is 7.19.